The van der Waals surface area contributed by atoms with E-state index in [0.29, 0.717) is 12.1 Å². The zero-order valence-electron chi connectivity index (χ0n) is 12.4. The second kappa shape index (κ2) is 5.49. The highest BCUT2D eigenvalue weighted by molar-refractivity contribution is 6.06. The number of nitrogens with zero attached hydrogens (tertiary/aromatic N) is 1. The van der Waals surface area contributed by atoms with Gasteiger partial charge in [-0.15, -0.1) is 0 Å². The summed E-state index contributed by atoms with van der Waals surface area (Å²) in [6.07, 6.45) is 3.68. The molecule has 0 bridgehead atoms. The van der Waals surface area contributed by atoms with E-state index in [1.807, 2.05) is 42.5 Å². The van der Waals surface area contributed by atoms with Gasteiger partial charge in [-0.05, 0) is 29.7 Å². The van der Waals surface area contributed by atoms with Crippen molar-refractivity contribution in [2.75, 3.05) is 13.6 Å². The Hall–Kier alpha value is -1.87. The van der Waals surface area contributed by atoms with Gasteiger partial charge in [-0.2, -0.15) is 0 Å². The fourth-order valence-corrected chi connectivity index (χ4v) is 3.32. The van der Waals surface area contributed by atoms with Crippen LogP contribution in [0.2, 0.25) is 0 Å². The van der Waals surface area contributed by atoms with Gasteiger partial charge in [-0.25, -0.2) is 0 Å². The lowest BCUT2D eigenvalue weighted by molar-refractivity contribution is 0.0157. The van der Waals surface area contributed by atoms with Crippen LogP contribution in [-0.2, 0) is 0 Å². The lowest BCUT2D eigenvalue weighted by atomic mass is 10.0. The van der Waals surface area contributed by atoms with Gasteiger partial charge in [-0.3, -0.25) is 4.79 Å². The van der Waals surface area contributed by atoms with Gasteiger partial charge < -0.3 is 10.0 Å². The van der Waals surface area contributed by atoms with Crippen LogP contribution in [0.15, 0.2) is 42.5 Å². The van der Waals surface area contributed by atoms with Crippen LogP contribution in [0.5, 0.6) is 0 Å². The summed E-state index contributed by atoms with van der Waals surface area (Å²) in [5.41, 5.74) is 0.00633. The summed E-state index contributed by atoms with van der Waals surface area (Å²) in [4.78, 5) is 14.4. The van der Waals surface area contributed by atoms with Crippen LogP contribution in [0.1, 0.15) is 36.0 Å². The van der Waals surface area contributed by atoms with Gasteiger partial charge in [0.05, 0.1) is 5.60 Å². The molecular weight excluding hydrogens is 262 g/mol. The highest BCUT2D eigenvalue weighted by Crippen LogP contribution is 2.30. The van der Waals surface area contributed by atoms with Gasteiger partial charge in [0.1, 0.15) is 0 Å². The standard InChI is InChI=1S/C18H21NO2/c1-19(13-18(21)11-4-5-12-18)17(20)16-10-6-8-14-7-2-3-9-15(14)16/h2-3,6-10,21H,4-5,11-13H2,1H3. The first-order valence-electron chi connectivity index (χ1n) is 7.55. The molecule has 1 aliphatic rings. The smallest absolute Gasteiger partial charge is 0.254 e. The Bertz CT molecular complexity index is 654. The predicted octanol–water partition coefficient (Wildman–Crippen LogP) is 3.22. The molecule has 0 aliphatic heterocycles. The molecule has 3 heteroatoms. The van der Waals surface area contributed by atoms with Crippen molar-refractivity contribution in [3.63, 3.8) is 0 Å². The summed E-state index contributed by atoms with van der Waals surface area (Å²) in [5.74, 6) is -0.0212. The topological polar surface area (TPSA) is 40.5 Å². The minimum Gasteiger partial charge on any atom is -0.388 e. The Morgan fingerprint density at radius 3 is 2.57 bits per heavy atom. The summed E-state index contributed by atoms with van der Waals surface area (Å²) in [6, 6.07) is 13.7. The molecule has 0 spiro atoms. The van der Waals surface area contributed by atoms with Crippen molar-refractivity contribution in [2.45, 2.75) is 31.3 Å². The molecule has 110 valence electrons. The lowest BCUT2D eigenvalue weighted by Crippen LogP contribution is -2.42. The van der Waals surface area contributed by atoms with E-state index in [2.05, 4.69) is 0 Å². The molecule has 0 atom stereocenters. The number of fused-ring (bicyclic) bond motifs is 1. The third kappa shape index (κ3) is 2.79. The third-order valence-corrected chi connectivity index (χ3v) is 4.43. The van der Waals surface area contributed by atoms with E-state index in [1.165, 1.54) is 0 Å². The van der Waals surface area contributed by atoms with Crippen molar-refractivity contribution in [1.29, 1.82) is 0 Å². The number of hydrogen-bond donors (Lipinski definition) is 1. The van der Waals surface area contributed by atoms with Gasteiger partial charge in [0.25, 0.3) is 5.91 Å². The number of carbonyl (C=O) groups is 1. The molecule has 1 aliphatic carbocycles. The van der Waals surface area contributed by atoms with Gasteiger partial charge in [0.2, 0.25) is 0 Å². The summed E-state index contributed by atoms with van der Waals surface area (Å²) in [5, 5.41) is 12.5. The molecule has 0 aromatic heterocycles. The number of rotatable bonds is 3. The Labute approximate surface area is 125 Å². The number of amides is 1. The van der Waals surface area contributed by atoms with Crippen molar-refractivity contribution < 1.29 is 9.90 Å². The first-order valence-corrected chi connectivity index (χ1v) is 7.55. The molecule has 3 nitrogen and oxygen atoms in total. The number of benzene rings is 2. The normalized spacial score (nSPS) is 17.0. The summed E-state index contributed by atoms with van der Waals surface area (Å²) < 4.78 is 0. The Morgan fingerprint density at radius 1 is 1.14 bits per heavy atom. The molecule has 0 radical (unpaired) electrons. The first-order chi connectivity index (χ1) is 10.1. The van der Waals surface area contributed by atoms with Crippen molar-refractivity contribution in [3.05, 3.63) is 48.0 Å². The minimum absolute atomic E-state index is 0.0212. The van der Waals surface area contributed by atoms with E-state index in [4.69, 9.17) is 0 Å². The molecule has 1 amide bonds. The highest BCUT2D eigenvalue weighted by Gasteiger charge is 2.33. The Morgan fingerprint density at radius 2 is 1.81 bits per heavy atom. The van der Waals surface area contributed by atoms with Crippen molar-refractivity contribution in [2.24, 2.45) is 0 Å². The maximum atomic E-state index is 12.7. The maximum absolute atomic E-state index is 12.7. The van der Waals surface area contributed by atoms with Crippen LogP contribution in [0.3, 0.4) is 0 Å². The largest absolute Gasteiger partial charge is 0.388 e. The number of carbonyl (C=O) groups excluding carboxylic acids is 1. The van der Waals surface area contributed by atoms with Crippen LogP contribution >= 0.6 is 0 Å². The molecule has 1 fully saturated rings. The van der Waals surface area contributed by atoms with Gasteiger partial charge in [0.15, 0.2) is 0 Å². The fourth-order valence-electron chi connectivity index (χ4n) is 3.32. The second-order valence-electron chi connectivity index (χ2n) is 6.12. The van der Waals surface area contributed by atoms with Crippen molar-refractivity contribution >= 4 is 16.7 Å². The molecule has 2 aromatic rings. The molecule has 0 heterocycles. The van der Waals surface area contributed by atoms with E-state index in [-0.39, 0.29) is 5.91 Å². The Kier molecular flexibility index (Phi) is 3.68. The lowest BCUT2D eigenvalue weighted by Gasteiger charge is -2.29. The summed E-state index contributed by atoms with van der Waals surface area (Å²) >= 11 is 0. The van der Waals surface area contributed by atoms with Crippen LogP contribution in [0, 0.1) is 0 Å². The van der Waals surface area contributed by atoms with E-state index < -0.39 is 5.60 Å². The van der Waals surface area contributed by atoms with Crippen molar-refractivity contribution in [3.8, 4) is 0 Å². The zero-order chi connectivity index (χ0) is 14.9. The summed E-state index contributed by atoms with van der Waals surface area (Å²) in [7, 11) is 1.78. The fraction of sp³-hybridized carbons (Fsp3) is 0.389. The molecule has 1 N–H and O–H groups in total. The average Bonchev–Trinajstić information content (AvgIpc) is 2.92. The molecule has 2 aromatic carbocycles. The average molecular weight is 283 g/mol. The van der Waals surface area contributed by atoms with E-state index in [0.717, 1.165) is 36.5 Å². The van der Waals surface area contributed by atoms with Crippen LogP contribution in [-0.4, -0.2) is 35.1 Å². The molecular formula is C18H21NO2. The van der Waals surface area contributed by atoms with E-state index in [9.17, 15) is 9.90 Å². The van der Waals surface area contributed by atoms with Crippen LogP contribution in [0.25, 0.3) is 10.8 Å². The Balaban J connectivity index is 1.86. The molecule has 21 heavy (non-hydrogen) atoms. The number of likely N-dealkylation sites (N-methyl/N-ethyl adjacent to an activating group) is 1. The quantitative estimate of drug-likeness (QED) is 0.939. The summed E-state index contributed by atoms with van der Waals surface area (Å²) in [6.45, 7) is 0.412. The minimum atomic E-state index is -0.699. The molecule has 3 rings (SSSR count). The number of hydrogen-bond acceptors (Lipinski definition) is 2. The van der Waals surface area contributed by atoms with Gasteiger partial charge in [0, 0.05) is 19.2 Å². The SMILES string of the molecule is CN(CC1(O)CCCC1)C(=O)c1cccc2ccccc12. The van der Waals surface area contributed by atoms with Crippen LogP contribution < -0.4 is 0 Å². The van der Waals surface area contributed by atoms with E-state index >= 15 is 0 Å². The maximum Gasteiger partial charge on any atom is 0.254 e. The molecule has 0 saturated heterocycles. The van der Waals surface area contributed by atoms with Gasteiger partial charge in [-0.1, -0.05) is 49.2 Å². The molecule has 1 saturated carbocycles. The molecule has 0 unspecified atom stereocenters. The second-order valence-corrected chi connectivity index (χ2v) is 6.12. The monoisotopic (exact) mass is 283 g/mol. The van der Waals surface area contributed by atoms with Crippen molar-refractivity contribution in [1.82, 2.24) is 4.90 Å². The third-order valence-electron chi connectivity index (χ3n) is 4.43. The first kappa shape index (κ1) is 14.1. The van der Waals surface area contributed by atoms with Crippen LogP contribution in [0.4, 0.5) is 0 Å². The van der Waals surface area contributed by atoms with Gasteiger partial charge >= 0.3 is 0 Å². The number of aliphatic hydroxyl groups is 1. The zero-order valence-corrected chi connectivity index (χ0v) is 12.4. The highest BCUT2D eigenvalue weighted by atomic mass is 16.3. The van der Waals surface area contributed by atoms with E-state index in [1.54, 1.807) is 11.9 Å². The predicted molar refractivity (Wildman–Crippen MR) is 84.3 cm³/mol.